The summed E-state index contributed by atoms with van der Waals surface area (Å²) in [5.41, 5.74) is 1.29. The summed E-state index contributed by atoms with van der Waals surface area (Å²) in [4.78, 5) is 13.8. The molecule has 1 saturated heterocycles. The van der Waals surface area contributed by atoms with Gasteiger partial charge < -0.3 is 10.1 Å². The number of amides is 1. The number of hydrogen-bond donors (Lipinski definition) is 1. The Labute approximate surface area is 99.0 Å². The predicted octanol–water partition coefficient (Wildman–Crippen LogP) is 0.789. The SMILES string of the molecule is CC1CN(C(=O)c2ccnnc2)CC/C1=N\O. The molecule has 2 heterocycles. The van der Waals surface area contributed by atoms with Crippen LogP contribution in [0.4, 0.5) is 0 Å². The van der Waals surface area contributed by atoms with Gasteiger partial charge in [0.1, 0.15) is 0 Å². The van der Waals surface area contributed by atoms with Gasteiger partial charge in [-0.05, 0) is 6.07 Å². The molecule has 1 amide bonds. The molecule has 0 saturated carbocycles. The molecule has 1 aliphatic rings. The highest BCUT2D eigenvalue weighted by molar-refractivity contribution is 5.96. The van der Waals surface area contributed by atoms with Crippen molar-refractivity contribution < 1.29 is 10.0 Å². The minimum atomic E-state index is -0.0521. The maximum atomic E-state index is 12.1. The topological polar surface area (TPSA) is 78.7 Å². The van der Waals surface area contributed by atoms with Crippen molar-refractivity contribution in [3.63, 3.8) is 0 Å². The molecular weight excluding hydrogens is 220 g/mol. The zero-order valence-electron chi connectivity index (χ0n) is 9.58. The van der Waals surface area contributed by atoms with Crippen LogP contribution in [0, 0.1) is 5.92 Å². The van der Waals surface area contributed by atoms with Crippen molar-refractivity contribution in [3.8, 4) is 0 Å². The van der Waals surface area contributed by atoms with E-state index in [-0.39, 0.29) is 11.8 Å². The van der Waals surface area contributed by atoms with Crippen LogP contribution in [-0.4, -0.2) is 45.0 Å². The summed E-state index contributed by atoms with van der Waals surface area (Å²) in [6.07, 6.45) is 3.58. The van der Waals surface area contributed by atoms with E-state index >= 15 is 0 Å². The van der Waals surface area contributed by atoms with E-state index in [9.17, 15) is 4.79 Å². The van der Waals surface area contributed by atoms with Crippen molar-refractivity contribution in [1.82, 2.24) is 15.1 Å². The maximum Gasteiger partial charge on any atom is 0.255 e. The van der Waals surface area contributed by atoms with Crippen LogP contribution in [0.15, 0.2) is 23.6 Å². The second kappa shape index (κ2) is 4.90. The predicted molar refractivity (Wildman–Crippen MR) is 60.9 cm³/mol. The zero-order valence-corrected chi connectivity index (χ0v) is 9.58. The van der Waals surface area contributed by atoms with Gasteiger partial charge in [0.15, 0.2) is 0 Å². The van der Waals surface area contributed by atoms with E-state index in [1.807, 2.05) is 6.92 Å². The molecule has 1 N–H and O–H groups in total. The van der Waals surface area contributed by atoms with Crippen molar-refractivity contribution in [2.24, 2.45) is 11.1 Å². The molecule has 1 atom stereocenters. The molecular formula is C11H14N4O2. The number of aromatic nitrogens is 2. The zero-order chi connectivity index (χ0) is 12.3. The number of likely N-dealkylation sites (tertiary alicyclic amines) is 1. The third-order valence-electron chi connectivity index (χ3n) is 2.95. The van der Waals surface area contributed by atoms with Gasteiger partial charge in [-0.3, -0.25) is 4.79 Å². The molecule has 1 aromatic heterocycles. The molecule has 0 spiro atoms. The number of hydrogen-bond acceptors (Lipinski definition) is 5. The molecule has 1 fully saturated rings. The van der Waals surface area contributed by atoms with Gasteiger partial charge in [0.25, 0.3) is 5.91 Å². The first-order chi connectivity index (χ1) is 8.22. The molecule has 17 heavy (non-hydrogen) atoms. The fourth-order valence-corrected chi connectivity index (χ4v) is 1.96. The van der Waals surface area contributed by atoms with E-state index in [0.717, 1.165) is 5.71 Å². The molecule has 0 bridgehead atoms. The van der Waals surface area contributed by atoms with Gasteiger partial charge in [0.2, 0.25) is 0 Å². The first-order valence-corrected chi connectivity index (χ1v) is 5.49. The van der Waals surface area contributed by atoms with Gasteiger partial charge in [0.05, 0.1) is 23.7 Å². The van der Waals surface area contributed by atoms with E-state index in [1.165, 1.54) is 12.4 Å². The summed E-state index contributed by atoms with van der Waals surface area (Å²) >= 11 is 0. The van der Waals surface area contributed by atoms with Gasteiger partial charge in [-0.25, -0.2) is 0 Å². The van der Waals surface area contributed by atoms with E-state index < -0.39 is 0 Å². The fraction of sp³-hybridized carbons (Fsp3) is 0.455. The molecule has 6 heteroatoms. The molecule has 0 aromatic carbocycles. The Kier molecular flexibility index (Phi) is 3.32. The Morgan fingerprint density at radius 1 is 1.59 bits per heavy atom. The number of oxime groups is 1. The molecule has 2 rings (SSSR count). The summed E-state index contributed by atoms with van der Waals surface area (Å²) in [5, 5.41) is 19.4. The van der Waals surface area contributed by atoms with E-state index in [0.29, 0.717) is 25.1 Å². The third kappa shape index (κ3) is 2.41. The Morgan fingerprint density at radius 3 is 3.00 bits per heavy atom. The highest BCUT2D eigenvalue weighted by Gasteiger charge is 2.26. The Hall–Kier alpha value is -1.98. The standard InChI is InChI=1S/C11H14N4O2/c1-8-7-15(5-3-10(8)14-17)11(16)9-2-4-12-13-6-9/h2,4,6,8,17H,3,5,7H2,1H3/b14-10+. The van der Waals surface area contributed by atoms with Gasteiger partial charge in [-0.1, -0.05) is 12.1 Å². The summed E-state index contributed by atoms with van der Waals surface area (Å²) in [5.74, 6) is 0.0382. The Balaban J connectivity index is 2.08. The second-order valence-electron chi connectivity index (χ2n) is 4.12. The van der Waals surface area contributed by atoms with Crippen LogP contribution >= 0.6 is 0 Å². The molecule has 90 valence electrons. The minimum absolute atomic E-state index is 0.0521. The number of carbonyl (C=O) groups excluding carboxylic acids is 1. The molecule has 0 radical (unpaired) electrons. The lowest BCUT2D eigenvalue weighted by Gasteiger charge is -2.31. The summed E-state index contributed by atoms with van der Waals surface area (Å²) in [6.45, 7) is 3.09. The van der Waals surface area contributed by atoms with Crippen LogP contribution in [0.3, 0.4) is 0 Å². The first-order valence-electron chi connectivity index (χ1n) is 5.49. The molecule has 0 aliphatic carbocycles. The molecule has 6 nitrogen and oxygen atoms in total. The normalized spacial score (nSPS) is 22.8. The van der Waals surface area contributed by atoms with Crippen molar-refractivity contribution in [2.45, 2.75) is 13.3 Å². The van der Waals surface area contributed by atoms with Crippen LogP contribution in [0.25, 0.3) is 0 Å². The smallest absolute Gasteiger partial charge is 0.255 e. The van der Waals surface area contributed by atoms with Gasteiger partial charge in [-0.2, -0.15) is 10.2 Å². The van der Waals surface area contributed by atoms with Gasteiger partial charge in [0, 0.05) is 25.4 Å². The van der Waals surface area contributed by atoms with Crippen LogP contribution in [-0.2, 0) is 0 Å². The summed E-state index contributed by atoms with van der Waals surface area (Å²) in [6, 6.07) is 1.65. The summed E-state index contributed by atoms with van der Waals surface area (Å²) in [7, 11) is 0. The Bertz CT molecular complexity index is 432. The van der Waals surface area contributed by atoms with Crippen molar-refractivity contribution >= 4 is 11.6 Å². The van der Waals surface area contributed by atoms with Crippen LogP contribution in [0.2, 0.25) is 0 Å². The van der Waals surface area contributed by atoms with Gasteiger partial charge >= 0.3 is 0 Å². The lowest BCUT2D eigenvalue weighted by molar-refractivity contribution is 0.0733. The average Bonchev–Trinajstić information content (AvgIpc) is 2.39. The van der Waals surface area contributed by atoms with Gasteiger partial charge in [-0.15, -0.1) is 0 Å². The first kappa shape index (κ1) is 11.5. The maximum absolute atomic E-state index is 12.1. The van der Waals surface area contributed by atoms with Crippen LogP contribution in [0.5, 0.6) is 0 Å². The fourth-order valence-electron chi connectivity index (χ4n) is 1.96. The highest BCUT2D eigenvalue weighted by atomic mass is 16.4. The lowest BCUT2D eigenvalue weighted by atomic mass is 9.97. The molecule has 1 aromatic rings. The lowest BCUT2D eigenvalue weighted by Crippen LogP contribution is -2.43. The van der Waals surface area contributed by atoms with Crippen molar-refractivity contribution in [3.05, 3.63) is 24.0 Å². The third-order valence-corrected chi connectivity index (χ3v) is 2.95. The Morgan fingerprint density at radius 2 is 2.41 bits per heavy atom. The van der Waals surface area contributed by atoms with E-state index in [4.69, 9.17) is 5.21 Å². The number of rotatable bonds is 1. The largest absolute Gasteiger partial charge is 0.411 e. The second-order valence-corrected chi connectivity index (χ2v) is 4.12. The monoisotopic (exact) mass is 234 g/mol. The minimum Gasteiger partial charge on any atom is -0.411 e. The summed E-state index contributed by atoms with van der Waals surface area (Å²) < 4.78 is 0. The number of piperidine rings is 1. The number of carbonyl (C=O) groups is 1. The van der Waals surface area contributed by atoms with Crippen LogP contribution in [0.1, 0.15) is 23.7 Å². The molecule has 1 unspecified atom stereocenters. The van der Waals surface area contributed by atoms with Crippen molar-refractivity contribution in [1.29, 1.82) is 0 Å². The van der Waals surface area contributed by atoms with Crippen molar-refractivity contribution in [2.75, 3.05) is 13.1 Å². The average molecular weight is 234 g/mol. The highest BCUT2D eigenvalue weighted by Crippen LogP contribution is 2.15. The van der Waals surface area contributed by atoms with E-state index in [1.54, 1.807) is 11.0 Å². The molecule has 1 aliphatic heterocycles. The van der Waals surface area contributed by atoms with E-state index in [2.05, 4.69) is 15.4 Å². The quantitative estimate of drug-likeness (QED) is 0.575. The number of nitrogens with zero attached hydrogens (tertiary/aromatic N) is 4. The van der Waals surface area contributed by atoms with Crippen LogP contribution < -0.4 is 0 Å².